The Balaban J connectivity index is 2.11. The van der Waals surface area contributed by atoms with Crippen molar-refractivity contribution < 1.29 is 19.1 Å². The third-order valence-electron chi connectivity index (χ3n) is 4.92. The Morgan fingerprint density at radius 1 is 1.03 bits per heavy atom. The topological polar surface area (TPSA) is 67.9 Å². The molecule has 0 fully saturated rings. The van der Waals surface area contributed by atoms with Gasteiger partial charge in [0.1, 0.15) is 17.5 Å². The molecule has 6 nitrogen and oxygen atoms in total. The Kier molecular flexibility index (Phi) is 9.57. The van der Waals surface area contributed by atoms with Crippen LogP contribution in [0.4, 0.5) is 0 Å². The Morgan fingerprint density at radius 3 is 2.34 bits per heavy atom. The molecule has 0 aliphatic heterocycles. The zero-order valence-corrected chi connectivity index (χ0v) is 19.9. The van der Waals surface area contributed by atoms with E-state index in [2.05, 4.69) is 5.32 Å². The van der Waals surface area contributed by atoms with Gasteiger partial charge in [-0.3, -0.25) is 9.59 Å². The van der Waals surface area contributed by atoms with E-state index >= 15 is 0 Å². The highest BCUT2D eigenvalue weighted by Crippen LogP contribution is 2.19. The van der Waals surface area contributed by atoms with Crippen molar-refractivity contribution in [3.63, 3.8) is 0 Å². The highest BCUT2D eigenvalue weighted by molar-refractivity contribution is 5.88. The molecular weight excluding hydrogens is 404 g/mol. The second-order valence-corrected chi connectivity index (χ2v) is 8.80. The van der Waals surface area contributed by atoms with Crippen LogP contribution in [0, 0.1) is 0 Å². The lowest BCUT2D eigenvalue weighted by atomic mass is 10.0. The molecule has 0 aromatic heterocycles. The first-order chi connectivity index (χ1) is 15.2. The molecule has 0 heterocycles. The Morgan fingerprint density at radius 2 is 1.72 bits per heavy atom. The summed E-state index contributed by atoms with van der Waals surface area (Å²) in [6, 6.07) is 16.6. The summed E-state index contributed by atoms with van der Waals surface area (Å²) in [7, 11) is 1.61. The van der Waals surface area contributed by atoms with Crippen molar-refractivity contribution >= 4 is 11.8 Å². The van der Waals surface area contributed by atoms with Crippen LogP contribution in [0.3, 0.4) is 0 Å². The van der Waals surface area contributed by atoms with E-state index in [1.807, 2.05) is 82.3 Å². The minimum absolute atomic E-state index is 0.0691. The molecule has 6 heteroatoms. The van der Waals surface area contributed by atoms with Crippen LogP contribution in [0.5, 0.6) is 11.5 Å². The van der Waals surface area contributed by atoms with Crippen LogP contribution in [0.25, 0.3) is 0 Å². The van der Waals surface area contributed by atoms with Gasteiger partial charge in [-0.1, -0.05) is 37.3 Å². The van der Waals surface area contributed by atoms with E-state index in [-0.39, 0.29) is 17.4 Å². The molecule has 2 amide bonds. The van der Waals surface area contributed by atoms with E-state index in [1.165, 1.54) is 0 Å². The molecule has 0 aliphatic carbocycles. The fourth-order valence-corrected chi connectivity index (χ4v) is 3.41. The minimum atomic E-state index is -0.553. The number of carbonyl (C=O) groups excluding carboxylic acids is 2. The molecule has 1 atom stereocenters. The van der Waals surface area contributed by atoms with E-state index < -0.39 is 6.04 Å². The van der Waals surface area contributed by atoms with Gasteiger partial charge in [-0.05, 0) is 63.4 Å². The Hall–Kier alpha value is -3.02. The maximum atomic E-state index is 13.2. The number of carbonyl (C=O) groups is 2. The third kappa shape index (κ3) is 8.25. The molecule has 0 spiro atoms. The number of nitrogens with zero attached hydrogens (tertiary/aromatic N) is 1. The number of nitrogens with one attached hydrogen (secondary N) is 1. The monoisotopic (exact) mass is 440 g/mol. The highest BCUT2D eigenvalue weighted by atomic mass is 16.5. The first-order valence-electron chi connectivity index (χ1n) is 11.2. The minimum Gasteiger partial charge on any atom is -0.497 e. The van der Waals surface area contributed by atoms with Crippen molar-refractivity contribution in [3.05, 3.63) is 60.2 Å². The first-order valence-corrected chi connectivity index (χ1v) is 11.2. The fourth-order valence-electron chi connectivity index (χ4n) is 3.41. The summed E-state index contributed by atoms with van der Waals surface area (Å²) in [6.45, 7) is 8.52. The Labute approximate surface area is 191 Å². The number of para-hydroxylation sites is 1. The largest absolute Gasteiger partial charge is 0.497 e. The van der Waals surface area contributed by atoms with Crippen molar-refractivity contribution in [3.8, 4) is 11.5 Å². The van der Waals surface area contributed by atoms with Gasteiger partial charge in [0, 0.05) is 18.5 Å². The van der Waals surface area contributed by atoms with Crippen LogP contribution < -0.4 is 14.8 Å². The number of hydrogen-bond donors (Lipinski definition) is 1. The number of methoxy groups -OCH3 is 1. The van der Waals surface area contributed by atoms with Crippen molar-refractivity contribution in [2.24, 2.45) is 0 Å². The maximum absolute atomic E-state index is 13.2. The van der Waals surface area contributed by atoms with Crippen LogP contribution in [0.2, 0.25) is 0 Å². The summed E-state index contributed by atoms with van der Waals surface area (Å²) in [4.78, 5) is 27.9. The van der Waals surface area contributed by atoms with Crippen LogP contribution in [-0.4, -0.2) is 42.0 Å². The summed E-state index contributed by atoms with van der Waals surface area (Å²) >= 11 is 0. The molecule has 0 saturated carbocycles. The fraction of sp³-hybridized carbons (Fsp3) is 0.462. The van der Waals surface area contributed by atoms with Crippen LogP contribution in [0.1, 0.15) is 52.5 Å². The predicted molar refractivity (Wildman–Crippen MR) is 127 cm³/mol. The summed E-state index contributed by atoms with van der Waals surface area (Å²) in [5.74, 6) is 1.29. The van der Waals surface area contributed by atoms with Gasteiger partial charge in [0.2, 0.25) is 11.8 Å². The predicted octanol–water partition coefficient (Wildman–Crippen LogP) is 4.58. The Bertz CT molecular complexity index is 862. The lowest BCUT2D eigenvalue weighted by Gasteiger charge is -2.33. The molecule has 0 saturated heterocycles. The molecule has 1 N–H and O–H groups in total. The number of hydrogen-bond acceptors (Lipinski definition) is 4. The van der Waals surface area contributed by atoms with Crippen LogP contribution >= 0.6 is 0 Å². The first kappa shape index (κ1) is 25.2. The molecule has 2 aromatic rings. The molecule has 0 aliphatic rings. The standard InChI is InChI=1S/C26H36N2O4/c1-6-23(25(30)27-26(2,3)4)28(19-20-12-10-15-22(18-20)31-5)24(29)16-11-17-32-21-13-8-7-9-14-21/h7-10,12-15,18,23H,6,11,16-17,19H2,1-5H3,(H,27,30). The molecule has 0 bridgehead atoms. The normalized spacial score (nSPS) is 12.0. The molecule has 2 aromatic carbocycles. The summed E-state index contributed by atoms with van der Waals surface area (Å²) < 4.78 is 11.0. The smallest absolute Gasteiger partial charge is 0.243 e. The van der Waals surface area contributed by atoms with E-state index in [0.29, 0.717) is 32.4 Å². The highest BCUT2D eigenvalue weighted by Gasteiger charge is 2.30. The van der Waals surface area contributed by atoms with Gasteiger partial charge in [0.25, 0.3) is 0 Å². The summed E-state index contributed by atoms with van der Waals surface area (Å²) in [5, 5.41) is 3.02. The molecule has 1 unspecified atom stereocenters. The van der Waals surface area contributed by atoms with Gasteiger partial charge < -0.3 is 19.7 Å². The average Bonchev–Trinajstić information content (AvgIpc) is 2.76. The third-order valence-corrected chi connectivity index (χ3v) is 4.92. The lowest BCUT2D eigenvalue weighted by molar-refractivity contribution is -0.142. The van der Waals surface area contributed by atoms with Crippen LogP contribution in [-0.2, 0) is 16.1 Å². The lowest BCUT2D eigenvalue weighted by Crippen LogP contribution is -2.53. The number of benzene rings is 2. The number of rotatable bonds is 11. The second-order valence-electron chi connectivity index (χ2n) is 8.80. The van der Waals surface area contributed by atoms with Gasteiger partial charge in [0.15, 0.2) is 0 Å². The van der Waals surface area contributed by atoms with Gasteiger partial charge >= 0.3 is 0 Å². The van der Waals surface area contributed by atoms with Gasteiger partial charge in [-0.15, -0.1) is 0 Å². The van der Waals surface area contributed by atoms with Gasteiger partial charge in [-0.2, -0.15) is 0 Å². The average molecular weight is 441 g/mol. The molecule has 0 radical (unpaired) electrons. The van der Waals surface area contributed by atoms with E-state index in [4.69, 9.17) is 9.47 Å². The van der Waals surface area contributed by atoms with E-state index in [9.17, 15) is 9.59 Å². The molecule has 32 heavy (non-hydrogen) atoms. The van der Waals surface area contributed by atoms with Crippen LogP contribution in [0.15, 0.2) is 54.6 Å². The number of amides is 2. The van der Waals surface area contributed by atoms with Crippen molar-refractivity contribution in [2.45, 2.75) is 65.1 Å². The maximum Gasteiger partial charge on any atom is 0.243 e. The van der Waals surface area contributed by atoms with Gasteiger partial charge in [-0.25, -0.2) is 0 Å². The summed E-state index contributed by atoms with van der Waals surface area (Å²) in [5.41, 5.74) is 0.541. The van der Waals surface area contributed by atoms with E-state index in [0.717, 1.165) is 17.1 Å². The van der Waals surface area contributed by atoms with Gasteiger partial charge in [0.05, 0.1) is 13.7 Å². The van der Waals surface area contributed by atoms with Crippen molar-refractivity contribution in [2.75, 3.05) is 13.7 Å². The zero-order chi connectivity index (χ0) is 23.6. The molecular formula is C26H36N2O4. The zero-order valence-electron chi connectivity index (χ0n) is 19.9. The van der Waals surface area contributed by atoms with Crippen molar-refractivity contribution in [1.82, 2.24) is 10.2 Å². The van der Waals surface area contributed by atoms with Crippen molar-refractivity contribution in [1.29, 1.82) is 0 Å². The quantitative estimate of drug-likeness (QED) is 0.520. The number of ether oxygens (including phenoxy) is 2. The molecule has 174 valence electrons. The van der Waals surface area contributed by atoms with E-state index in [1.54, 1.807) is 12.0 Å². The SMILES string of the molecule is CCC(C(=O)NC(C)(C)C)N(Cc1cccc(OC)c1)C(=O)CCCOc1ccccc1. The second kappa shape index (κ2) is 12.1. The summed E-state index contributed by atoms with van der Waals surface area (Å²) in [6.07, 6.45) is 1.40. The molecule has 2 rings (SSSR count).